The molecule has 2 amide bonds. The number of nitrogens with one attached hydrogen (secondary N) is 2. The van der Waals surface area contributed by atoms with E-state index in [-0.39, 0.29) is 18.4 Å². The standard InChI is InChI=1S/C17H25N3O2/c1-20(17(22)8-7-15-9-10-18-11-15)13-16(21)19-12-14-5-3-2-4-6-14/h2-6,15,18H,7-13H2,1H3,(H,19,21). The summed E-state index contributed by atoms with van der Waals surface area (Å²) in [5.41, 5.74) is 1.05. The molecule has 0 aliphatic carbocycles. The van der Waals surface area contributed by atoms with Gasteiger partial charge in [0.1, 0.15) is 0 Å². The lowest BCUT2D eigenvalue weighted by Crippen LogP contribution is -2.38. The Balaban J connectivity index is 1.65. The lowest BCUT2D eigenvalue weighted by atomic mass is 10.0. The molecule has 0 saturated carbocycles. The van der Waals surface area contributed by atoms with Crippen LogP contribution in [0.1, 0.15) is 24.8 Å². The molecule has 0 bridgehead atoms. The summed E-state index contributed by atoms with van der Waals surface area (Å²) in [6.45, 7) is 2.68. The summed E-state index contributed by atoms with van der Waals surface area (Å²) in [5, 5.41) is 6.14. The Bertz CT molecular complexity index is 484. The van der Waals surface area contributed by atoms with Gasteiger partial charge in [-0.1, -0.05) is 30.3 Å². The first kappa shape index (κ1) is 16.5. The minimum Gasteiger partial charge on any atom is -0.350 e. The molecule has 22 heavy (non-hydrogen) atoms. The van der Waals surface area contributed by atoms with Gasteiger partial charge in [0.25, 0.3) is 0 Å². The molecule has 1 atom stereocenters. The zero-order chi connectivity index (χ0) is 15.8. The Hall–Kier alpha value is -1.88. The van der Waals surface area contributed by atoms with Crippen molar-refractivity contribution in [2.45, 2.75) is 25.8 Å². The molecule has 2 rings (SSSR count). The van der Waals surface area contributed by atoms with Crippen molar-refractivity contribution in [1.29, 1.82) is 0 Å². The third kappa shape index (κ3) is 5.48. The molecule has 1 aliphatic heterocycles. The molecule has 1 saturated heterocycles. The van der Waals surface area contributed by atoms with Crippen molar-refractivity contribution in [2.75, 3.05) is 26.7 Å². The van der Waals surface area contributed by atoms with Crippen molar-refractivity contribution in [3.8, 4) is 0 Å². The smallest absolute Gasteiger partial charge is 0.239 e. The maximum atomic E-state index is 12.0. The highest BCUT2D eigenvalue weighted by atomic mass is 16.2. The van der Waals surface area contributed by atoms with E-state index in [0.29, 0.717) is 18.9 Å². The highest BCUT2D eigenvalue weighted by Gasteiger charge is 2.18. The largest absolute Gasteiger partial charge is 0.350 e. The Labute approximate surface area is 132 Å². The van der Waals surface area contributed by atoms with Gasteiger partial charge in [0, 0.05) is 20.0 Å². The molecular formula is C17H25N3O2. The van der Waals surface area contributed by atoms with Gasteiger partial charge in [-0.05, 0) is 37.4 Å². The molecule has 1 unspecified atom stereocenters. The van der Waals surface area contributed by atoms with E-state index in [1.165, 1.54) is 4.90 Å². The second kappa shape index (κ2) is 8.54. The van der Waals surface area contributed by atoms with E-state index >= 15 is 0 Å². The van der Waals surface area contributed by atoms with Gasteiger partial charge in [0.2, 0.25) is 11.8 Å². The van der Waals surface area contributed by atoms with E-state index in [2.05, 4.69) is 10.6 Å². The van der Waals surface area contributed by atoms with Gasteiger partial charge in [0.05, 0.1) is 6.54 Å². The molecular weight excluding hydrogens is 278 g/mol. The van der Waals surface area contributed by atoms with Gasteiger partial charge in [0.15, 0.2) is 0 Å². The molecule has 5 heteroatoms. The van der Waals surface area contributed by atoms with Crippen molar-refractivity contribution in [2.24, 2.45) is 5.92 Å². The molecule has 1 aliphatic rings. The van der Waals surface area contributed by atoms with Crippen molar-refractivity contribution in [1.82, 2.24) is 15.5 Å². The number of hydrogen-bond donors (Lipinski definition) is 2. The van der Waals surface area contributed by atoms with Crippen molar-refractivity contribution < 1.29 is 9.59 Å². The number of hydrogen-bond acceptors (Lipinski definition) is 3. The summed E-state index contributed by atoms with van der Waals surface area (Å²) >= 11 is 0. The first-order valence-electron chi connectivity index (χ1n) is 7.90. The average molecular weight is 303 g/mol. The fourth-order valence-electron chi connectivity index (χ4n) is 2.64. The van der Waals surface area contributed by atoms with Crippen LogP contribution in [0.3, 0.4) is 0 Å². The topological polar surface area (TPSA) is 61.4 Å². The summed E-state index contributed by atoms with van der Waals surface area (Å²) in [6, 6.07) is 9.75. The third-order valence-corrected chi connectivity index (χ3v) is 4.07. The van der Waals surface area contributed by atoms with Gasteiger partial charge in [-0.25, -0.2) is 0 Å². The normalized spacial score (nSPS) is 17.2. The Morgan fingerprint density at radius 2 is 2.09 bits per heavy atom. The van der Waals surface area contributed by atoms with Crippen molar-refractivity contribution >= 4 is 11.8 Å². The van der Waals surface area contributed by atoms with Gasteiger partial charge < -0.3 is 15.5 Å². The van der Waals surface area contributed by atoms with E-state index in [4.69, 9.17) is 0 Å². The fraction of sp³-hybridized carbons (Fsp3) is 0.529. The molecule has 1 heterocycles. The van der Waals surface area contributed by atoms with Crippen LogP contribution in [-0.2, 0) is 16.1 Å². The number of benzene rings is 1. The van der Waals surface area contributed by atoms with Gasteiger partial charge in [-0.15, -0.1) is 0 Å². The van der Waals surface area contributed by atoms with Crippen LogP contribution in [0, 0.1) is 5.92 Å². The van der Waals surface area contributed by atoms with Crippen LogP contribution < -0.4 is 10.6 Å². The minimum atomic E-state index is -0.123. The highest BCUT2D eigenvalue weighted by molar-refractivity contribution is 5.84. The highest BCUT2D eigenvalue weighted by Crippen LogP contribution is 2.14. The number of carbonyl (C=O) groups is 2. The molecule has 120 valence electrons. The zero-order valence-electron chi connectivity index (χ0n) is 13.2. The van der Waals surface area contributed by atoms with Crippen LogP contribution >= 0.6 is 0 Å². The van der Waals surface area contributed by atoms with Crippen LogP contribution in [0.5, 0.6) is 0 Å². The maximum absolute atomic E-state index is 12.0. The Morgan fingerprint density at radius 1 is 1.32 bits per heavy atom. The number of nitrogens with zero attached hydrogens (tertiary/aromatic N) is 1. The van der Waals surface area contributed by atoms with E-state index in [1.807, 2.05) is 30.3 Å². The first-order valence-corrected chi connectivity index (χ1v) is 7.90. The Morgan fingerprint density at radius 3 is 2.77 bits per heavy atom. The monoisotopic (exact) mass is 303 g/mol. The summed E-state index contributed by atoms with van der Waals surface area (Å²) in [4.78, 5) is 25.4. The summed E-state index contributed by atoms with van der Waals surface area (Å²) in [5.74, 6) is 0.522. The quantitative estimate of drug-likeness (QED) is 0.794. The Kier molecular flexibility index (Phi) is 6.40. The number of likely N-dealkylation sites (N-methyl/N-ethyl adjacent to an activating group) is 1. The lowest BCUT2D eigenvalue weighted by Gasteiger charge is -2.18. The second-order valence-corrected chi connectivity index (χ2v) is 5.91. The summed E-state index contributed by atoms with van der Waals surface area (Å²) in [6.07, 6.45) is 2.57. The van der Waals surface area contributed by atoms with Crippen LogP contribution in [0.4, 0.5) is 0 Å². The average Bonchev–Trinajstić information content (AvgIpc) is 3.05. The summed E-state index contributed by atoms with van der Waals surface area (Å²) < 4.78 is 0. The lowest BCUT2D eigenvalue weighted by molar-refractivity contribution is -0.135. The van der Waals surface area contributed by atoms with E-state index < -0.39 is 0 Å². The predicted molar refractivity (Wildman–Crippen MR) is 86.1 cm³/mol. The molecule has 0 aromatic heterocycles. The number of amides is 2. The van der Waals surface area contributed by atoms with E-state index in [1.54, 1.807) is 7.05 Å². The van der Waals surface area contributed by atoms with E-state index in [0.717, 1.165) is 31.5 Å². The number of rotatable bonds is 7. The zero-order valence-corrected chi connectivity index (χ0v) is 13.2. The molecule has 0 radical (unpaired) electrons. The summed E-state index contributed by atoms with van der Waals surface area (Å²) in [7, 11) is 1.69. The van der Waals surface area contributed by atoms with Crippen molar-refractivity contribution in [3.63, 3.8) is 0 Å². The molecule has 0 spiro atoms. The van der Waals surface area contributed by atoms with Crippen LogP contribution in [0.15, 0.2) is 30.3 Å². The van der Waals surface area contributed by atoms with Crippen LogP contribution in [0.2, 0.25) is 0 Å². The molecule has 1 fully saturated rings. The molecule has 5 nitrogen and oxygen atoms in total. The van der Waals surface area contributed by atoms with Gasteiger partial charge >= 0.3 is 0 Å². The molecule has 1 aromatic rings. The predicted octanol–water partition coefficient (Wildman–Crippen LogP) is 1.15. The van der Waals surface area contributed by atoms with Gasteiger partial charge in [-0.3, -0.25) is 9.59 Å². The first-order chi connectivity index (χ1) is 10.6. The fourth-order valence-corrected chi connectivity index (χ4v) is 2.64. The van der Waals surface area contributed by atoms with Gasteiger partial charge in [-0.2, -0.15) is 0 Å². The van der Waals surface area contributed by atoms with Crippen LogP contribution in [-0.4, -0.2) is 43.4 Å². The van der Waals surface area contributed by atoms with Crippen molar-refractivity contribution in [3.05, 3.63) is 35.9 Å². The maximum Gasteiger partial charge on any atom is 0.239 e. The third-order valence-electron chi connectivity index (χ3n) is 4.07. The molecule has 1 aromatic carbocycles. The minimum absolute atomic E-state index is 0.0433. The molecule has 2 N–H and O–H groups in total. The second-order valence-electron chi connectivity index (χ2n) is 5.91. The SMILES string of the molecule is CN(CC(=O)NCc1ccccc1)C(=O)CCC1CCNC1. The number of carbonyl (C=O) groups excluding carboxylic acids is 2. The van der Waals surface area contributed by atoms with E-state index in [9.17, 15) is 9.59 Å². The van der Waals surface area contributed by atoms with Crippen LogP contribution in [0.25, 0.3) is 0 Å².